The fourth-order valence-corrected chi connectivity index (χ4v) is 3.66. The van der Waals surface area contributed by atoms with E-state index in [-0.39, 0.29) is 13.1 Å². The molecule has 0 spiro atoms. The first-order chi connectivity index (χ1) is 12.3. The number of hydrogen-bond donors (Lipinski definition) is 1. The maximum Gasteiger partial charge on any atom is 0.414 e. The average molecular weight is 382 g/mol. The number of hydrogen-bond acceptors (Lipinski definition) is 4. The smallest absolute Gasteiger partial charge is 0.414 e. The number of anilines is 1. The predicted molar refractivity (Wildman–Crippen MR) is 90.3 cm³/mol. The zero-order valence-corrected chi connectivity index (χ0v) is 14.6. The molecule has 1 fully saturated rings. The van der Waals surface area contributed by atoms with Gasteiger partial charge >= 0.3 is 6.09 Å². The van der Waals surface area contributed by atoms with E-state index in [1.54, 1.807) is 12.1 Å². The quantitative estimate of drug-likeness (QED) is 0.863. The van der Waals surface area contributed by atoms with Gasteiger partial charge in [0.1, 0.15) is 22.6 Å². The van der Waals surface area contributed by atoms with Crippen molar-refractivity contribution in [1.29, 1.82) is 0 Å². The van der Waals surface area contributed by atoms with Crippen LogP contribution in [0.3, 0.4) is 0 Å². The summed E-state index contributed by atoms with van der Waals surface area (Å²) in [6.45, 7) is 1.84. The van der Waals surface area contributed by atoms with Crippen LogP contribution in [-0.2, 0) is 14.8 Å². The summed E-state index contributed by atoms with van der Waals surface area (Å²) in [5.41, 5.74) is 1.67. The van der Waals surface area contributed by atoms with Gasteiger partial charge in [0.05, 0.1) is 6.54 Å². The van der Waals surface area contributed by atoms with Crippen molar-refractivity contribution in [3.8, 4) is 0 Å². The highest BCUT2D eigenvalue weighted by atomic mass is 32.2. The normalized spacial score (nSPS) is 17.4. The van der Waals surface area contributed by atoms with E-state index in [4.69, 9.17) is 4.74 Å². The molecule has 0 unspecified atom stereocenters. The topological polar surface area (TPSA) is 75.7 Å². The third kappa shape index (κ3) is 3.83. The first-order valence-electron chi connectivity index (χ1n) is 7.76. The van der Waals surface area contributed by atoms with Crippen LogP contribution in [0, 0.1) is 18.6 Å². The maximum atomic E-state index is 13.7. The Hall–Kier alpha value is -2.52. The first-order valence-corrected chi connectivity index (χ1v) is 9.24. The second-order valence-corrected chi connectivity index (χ2v) is 7.61. The lowest BCUT2D eigenvalue weighted by Gasteiger charge is -2.13. The lowest BCUT2D eigenvalue weighted by Crippen LogP contribution is -2.35. The minimum Gasteiger partial charge on any atom is -0.443 e. The van der Waals surface area contributed by atoms with Crippen LogP contribution in [0.15, 0.2) is 47.4 Å². The Bertz CT molecular complexity index is 932. The third-order valence-electron chi connectivity index (χ3n) is 3.90. The summed E-state index contributed by atoms with van der Waals surface area (Å²) in [5, 5.41) is 0. The number of nitrogens with zero attached hydrogens (tertiary/aromatic N) is 1. The SMILES string of the molecule is Cc1ccc(N2C[C@@H](CNS(=O)(=O)c3ccc(F)cc3F)OC2=O)cc1. The Morgan fingerprint density at radius 2 is 1.88 bits per heavy atom. The summed E-state index contributed by atoms with van der Waals surface area (Å²) in [4.78, 5) is 12.7. The molecule has 1 amide bonds. The van der Waals surface area contributed by atoms with Gasteiger partial charge in [-0.15, -0.1) is 0 Å². The van der Waals surface area contributed by atoms with E-state index in [0.29, 0.717) is 11.8 Å². The number of sulfonamides is 1. The molecule has 0 aromatic heterocycles. The number of aryl methyl sites for hydroxylation is 1. The molecule has 1 aliphatic rings. The summed E-state index contributed by atoms with van der Waals surface area (Å²) < 4.78 is 58.3. The van der Waals surface area contributed by atoms with E-state index in [0.717, 1.165) is 17.7 Å². The van der Waals surface area contributed by atoms with Gasteiger partial charge in [0.15, 0.2) is 0 Å². The lowest BCUT2D eigenvalue weighted by atomic mass is 10.2. The van der Waals surface area contributed by atoms with Crippen molar-refractivity contribution in [1.82, 2.24) is 4.72 Å². The molecule has 2 aromatic carbocycles. The number of carbonyl (C=O) groups excluding carboxylic acids is 1. The molecule has 0 aliphatic carbocycles. The Morgan fingerprint density at radius 3 is 2.54 bits per heavy atom. The van der Waals surface area contributed by atoms with E-state index < -0.39 is 38.8 Å². The molecule has 0 saturated carbocycles. The summed E-state index contributed by atoms with van der Waals surface area (Å²) in [7, 11) is -4.20. The van der Waals surface area contributed by atoms with Crippen LogP contribution in [0.2, 0.25) is 0 Å². The Kier molecular flexibility index (Phi) is 4.92. The molecular weight excluding hydrogens is 366 g/mol. The molecule has 138 valence electrons. The van der Waals surface area contributed by atoms with Gasteiger partial charge in [-0.1, -0.05) is 17.7 Å². The standard InChI is InChI=1S/C17H16F2N2O4S/c1-11-2-5-13(6-3-11)21-10-14(25-17(21)22)9-20-26(23,24)16-7-4-12(18)8-15(16)19/h2-8,14,20H,9-10H2,1H3/t14-/m1/s1. The molecular formula is C17H16F2N2O4S. The summed E-state index contributed by atoms with van der Waals surface area (Å²) in [6, 6.07) is 9.39. The molecule has 0 bridgehead atoms. The molecule has 6 nitrogen and oxygen atoms in total. The van der Waals surface area contributed by atoms with Crippen LogP contribution in [0.5, 0.6) is 0 Å². The summed E-state index contributed by atoms with van der Waals surface area (Å²) in [5.74, 6) is -2.07. The number of benzene rings is 2. The number of carbonyl (C=O) groups is 1. The minimum absolute atomic E-state index is 0.149. The van der Waals surface area contributed by atoms with E-state index in [1.807, 2.05) is 19.1 Å². The van der Waals surface area contributed by atoms with Crippen molar-refractivity contribution in [2.75, 3.05) is 18.0 Å². The van der Waals surface area contributed by atoms with Crippen molar-refractivity contribution in [2.24, 2.45) is 0 Å². The zero-order chi connectivity index (χ0) is 18.9. The number of ether oxygens (including phenoxy) is 1. The molecule has 1 atom stereocenters. The minimum atomic E-state index is -4.20. The molecule has 1 saturated heterocycles. The van der Waals surface area contributed by atoms with Gasteiger partial charge in [0.25, 0.3) is 0 Å². The molecule has 3 rings (SSSR count). The first kappa shape index (κ1) is 18.3. The number of halogens is 2. The fraction of sp³-hybridized carbons (Fsp3) is 0.235. The Labute approximate surface area is 149 Å². The van der Waals surface area contributed by atoms with Crippen LogP contribution in [0.25, 0.3) is 0 Å². The number of cyclic esters (lactones) is 1. The van der Waals surface area contributed by atoms with Gasteiger partial charge < -0.3 is 4.74 Å². The van der Waals surface area contributed by atoms with Crippen molar-refractivity contribution in [2.45, 2.75) is 17.9 Å². The number of nitrogens with one attached hydrogen (secondary N) is 1. The second kappa shape index (κ2) is 7.00. The monoisotopic (exact) mass is 382 g/mol. The summed E-state index contributed by atoms with van der Waals surface area (Å²) >= 11 is 0. The van der Waals surface area contributed by atoms with Gasteiger partial charge in [-0.05, 0) is 31.2 Å². The average Bonchev–Trinajstić information content (AvgIpc) is 2.94. The van der Waals surface area contributed by atoms with E-state index in [1.165, 1.54) is 4.90 Å². The molecule has 0 radical (unpaired) electrons. The maximum absolute atomic E-state index is 13.7. The third-order valence-corrected chi connectivity index (χ3v) is 5.36. The van der Waals surface area contributed by atoms with Crippen molar-refractivity contribution in [3.63, 3.8) is 0 Å². The van der Waals surface area contributed by atoms with Crippen LogP contribution < -0.4 is 9.62 Å². The van der Waals surface area contributed by atoms with Crippen LogP contribution >= 0.6 is 0 Å². The molecule has 9 heteroatoms. The predicted octanol–water partition coefficient (Wildman–Crippen LogP) is 2.58. The van der Waals surface area contributed by atoms with E-state index in [2.05, 4.69) is 4.72 Å². The largest absolute Gasteiger partial charge is 0.443 e. The van der Waals surface area contributed by atoms with Gasteiger partial charge in [-0.3, -0.25) is 4.90 Å². The molecule has 26 heavy (non-hydrogen) atoms. The van der Waals surface area contributed by atoms with Gasteiger partial charge in [-0.25, -0.2) is 26.7 Å². The van der Waals surface area contributed by atoms with Crippen molar-refractivity contribution in [3.05, 3.63) is 59.7 Å². The second-order valence-electron chi connectivity index (χ2n) is 5.88. The molecule has 1 heterocycles. The molecule has 1 N–H and O–H groups in total. The Morgan fingerprint density at radius 1 is 1.19 bits per heavy atom. The van der Waals surface area contributed by atoms with Crippen LogP contribution in [0.1, 0.15) is 5.56 Å². The lowest BCUT2D eigenvalue weighted by molar-refractivity contribution is 0.143. The van der Waals surface area contributed by atoms with Crippen LogP contribution in [0.4, 0.5) is 19.3 Å². The summed E-state index contributed by atoms with van der Waals surface area (Å²) in [6.07, 6.45) is -1.33. The number of amides is 1. The molecule has 1 aliphatic heterocycles. The fourth-order valence-electron chi connectivity index (χ4n) is 2.54. The van der Waals surface area contributed by atoms with Crippen LogP contribution in [-0.4, -0.2) is 33.7 Å². The van der Waals surface area contributed by atoms with Crippen molar-refractivity contribution >= 4 is 21.8 Å². The van der Waals surface area contributed by atoms with E-state index >= 15 is 0 Å². The highest BCUT2D eigenvalue weighted by Gasteiger charge is 2.33. The number of rotatable bonds is 5. The van der Waals surface area contributed by atoms with Gasteiger partial charge in [-0.2, -0.15) is 0 Å². The highest BCUT2D eigenvalue weighted by Crippen LogP contribution is 2.22. The van der Waals surface area contributed by atoms with Gasteiger partial charge in [0, 0.05) is 18.3 Å². The Balaban J connectivity index is 1.66. The van der Waals surface area contributed by atoms with Gasteiger partial charge in [0.2, 0.25) is 10.0 Å². The molecule has 2 aromatic rings. The van der Waals surface area contributed by atoms with E-state index in [9.17, 15) is 22.0 Å². The highest BCUT2D eigenvalue weighted by molar-refractivity contribution is 7.89. The zero-order valence-electron chi connectivity index (χ0n) is 13.8. The van der Waals surface area contributed by atoms with Crippen molar-refractivity contribution < 1.29 is 26.7 Å².